The number of nitrogens with zero attached hydrogens (tertiary/aromatic N) is 2. The fourth-order valence-electron chi connectivity index (χ4n) is 3.58. The lowest BCUT2D eigenvalue weighted by Gasteiger charge is -2.23. The first-order valence-corrected chi connectivity index (χ1v) is 11.6. The minimum atomic E-state index is 0.134. The average Bonchev–Trinajstić information content (AvgIpc) is 3.07. The van der Waals surface area contributed by atoms with Gasteiger partial charge in [-0.25, -0.2) is 4.99 Å². The lowest BCUT2D eigenvalue weighted by molar-refractivity contribution is -0.929. The van der Waals surface area contributed by atoms with E-state index >= 15 is 0 Å². The van der Waals surface area contributed by atoms with Gasteiger partial charge in [0.15, 0.2) is 0 Å². The molecule has 1 aliphatic rings. The van der Waals surface area contributed by atoms with Crippen molar-refractivity contribution in [2.75, 3.05) is 6.54 Å². The zero-order valence-electron chi connectivity index (χ0n) is 15.5. The molecule has 2 heterocycles. The van der Waals surface area contributed by atoms with E-state index < -0.39 is 0 Å². The van der Waals surface area contributed by atoms with Crippen LogP contribution < -0.4 is 4.90 Å². The molecule has 1 unspecified atom stereocenters. The number of benzene rings is 2. The highest BCUT2D eigenvalue weighted by atomic mass is 79.9. The van der Waals surface area contributed by atoms with E-state index in [0.29, 0.717) is 20.6 Å². The summed E-state index contributed by atoms with van der Waals surface area (Å²) in [6.45, 7) is 2.90. The number of halogens is 2. The maximum absolute atomic E-state index is 10.2. The van der Waals surface area contributed by atoms with Gasteiger partial charge in [0.05, 0.1) is 21.5 Å². The molecule has 0 saturated heterocycles. The number of phenolic OH excluding ortho intramolecular Hbond substituents is 1. The lowest BCUT2D eigenvalue weighted by atomic mass is 10.0. The van der Waals surface area contributed by atoms with Crippen LogP contribution in [-0.2, 0) is 19.5 Å². The van der Waals surface area contributed by atoms with Gasteiger partial charge in [0.2, 0.25) is 0 Å². The minimum Gasteiger partial charge on any atom is -0.506 e. The molecule has 0 spiro atoms. The van der Waals surface area contributed by atoms with Gasteiger partial charge in [-0.2, -0.15) is 5.26 Å². The second-order valence-electron chi connectivity index (χ2n) is 6.97. The number of aromatic hydroxyl groups is 1. The van der Waals surface area contributed by atoms with E-state index in [1.54, 1.807) is 29.7 Å². The van der Waals surface area contributed by atoms with E-state index in [-0.39, 0.29) is 5.75 Å². The van der Waals surface area contributed by atoms with Crippen LogP contribution in [0.5, 0.6) is 5.75 Å². The van der Waals surface area contributed by atoms with Crippen molar-refractivity contribution in [1.82, 2.24) is 0 Å². The number of thiophene rings is 1. The lowest BCUT2D eigenvalue weighted by Crippen LogP contribution is -3.10. The van der Waals surface area contributed by atoms with Crippen LogP contribution >= 0.6 is 43.2 Å². The summed E-state index contributed by atoms with van der Waals surface area (Å²) >= 11 is 8.35. The van der Waals surface area contributed by atoms with E-state index in [0.717, 1.165) is 36.1 Å². The third-order valence-corrected chi connectivity index (χ3v) is 7.20. The fraction of sp³-hybridized carbons (Fsp3) is 0.182. The van der Waals surface area contributed by atoms with Gasteiger partial charge in [-0.3, -0.25) is 0 Å². The molecule has 7 heteroatoms. The Morgan fingerprint density at radius 2 is 2.03 bits per heavy atom. The SMILES string of the molecule is N#Cc1c(/N=C/c2cc(Br)cc(Br)c2O)sc2c1CC[NH+](Cc1ccccc1)C2. The number of nitrogens with one attached hydrogen (secondary N) is 1. The first kappa shape index (κ1) is 20.3. The highest BCUT2D eigenvalue weighted by molar-refractivity contribution is 9.11. The van der Waals surface area contributed by atoms with Crippen LogP contribution in [0.1, 0.15) is 27.1 Å². The maximum atomic E-state index is 10.2. The van der Waals surface area contributed by atoms with Crippen LogP contribution in [0.2, 0.25) is 0 Å². The van der Waals surface area contributed by atoms with Crippen molar-refractivity contribution in [3.05, 3.63) is 78.5 Å². The zero-order chi connectivity index (χ0) is 20.4. The molecule has 0 fully saturated rings. The highest BCUT2D eigenvalue weighted by Gasteiger charge is 2.26. The van der Waals surface area contributed by atoms with Crippen molar-refractivity contribution < 1.29 is 10.0 Å². The first-order chi connectivity index (χ1) is 14.0. The van der Waals surface area contributed by atoms with Gasteiger partial charge in [0, 0.05) is 28.2 Å². The van der Waals surface area contributed by atoms with E-state index in [1.807, 2.05) is 6.07 Å². The third-order valence-electron chi connectivity index (χ3n) is 5.00. The molecule has 2 aromatic carbocycles. The second-order valence-corrected chi connectivity index (χ2v) is 9.82. The molecule has 0 aliphatic carbocycles. The fourth-order valence-corrected chi connectivity index (χ4v) is 6.05. The monoisotopic (exact) mass is 530 g/mol. The van der Waals surface area contributed by atoms with E-state index in [9.17, 15) is 10.4 Å². The highest BCUT2D eigenvalue weighted by Crippen LogP contribution is 2.37. The van der Waals surface area contributed by atoms with Crippen LogP contribution in [0.3, 0.4) is 0 Å². The van der Waals surface area contributed by atoms with Crippen molar-refractivity contribution in [3.63, 3.8) is 0 Å². The van der Waals surface area contributed by atoms with Crippen molar-refractivity contribution >= 4 is 54.4 Å². The molecule has 4 nitrogen and oxygen atoms in total. The molecule has 0 saturated carbocycles. The Bertz CT molecular complexity index is 1120. The summed E-state index contributed by atoms with van der Waals surface area (Å²) in [4.78, 5) is 7.30. The number of phenols is 1. The smallest absolute Gasteiger partial charge is 0.138 e. The zero-order valence-corrected chi connectivity index (χ0v) is 19.4. The summed E-state index contributed by atoms with van der Waals surface area (Å²) in [5.41, 5.74) is 3.74. The predicted octanol–water partition coefficient (Wildman–Crippen LogP) is 4.74. The summed E-state index contributed by atoms with van der Waals surface area (Å²) < 4.78 is 1.44. The molecule has 29 heavy (non-hydrogen) atoms. The topological polar surface area (TPSA) is 60.8 Å². The Balaban J connectivity index is 1.59. The molecular formula is C22H18Br2N3OS+. The normalized spacial score (nSPS) is 16.0. The summed E-state index contributed by atoms with van der Waals surface area (Å²) in [5.74, 6) is 0.134. The predicted molar refractivity (Wildman–Crippen MR) is 123 cm³/mol. The van der Waals surface area contributed by atoms with Crippen LogP contribution in [0.4, 0.5) is 5.00 Å². The third kappa shape index (κ3) is 4.46. The van der Waals surface area contributed by atoms with Crippen molar-refractivity contribution in [2.45, 2.75) is 19.5 Å². The summed E-state index contributed by atoms with van der Waals surface area (Å²) in [6.07, 6.45) is 2.51. The number of hydrogen-bond donors (Lipinski definition) is 2. The summed E-state index contributed by atoms with van der Waals surface area (Å²) in [6, 6.07) is 16.4. The molecule has 1 atom stereocenters. The van der Waals surface area contributed by atoms with Gasteiger partial charge in [-0.05, 0) is 33.6 Å². The van der Waals surface area contributed by atoms with Crippen LogP contribution in [-0.4, -0.2) is 17.9 Å². The Hall–Kier alpha value is -1.98. The Morgan fingerprint density at radius 3 is 2.79 bits per heavy atom. The average molecular weight is 532 g/mol. The molecule has 146 valence electrons. The van der Waals surface area contributed by atoms with Crippen molar-refractivity contribution in [2.24, 2.45) is 4.99 Å². The largest absolute Gasteiger partial charge is 0.506 e. The van der Waals surface area contributed by atoms with Gasteiger partial charge < -0.3 is 10.0 Å². The molecule has 1 aromatic heterocycles. The molecule has 1 aliphatic heterocycles. The van der Waals surface area contributed by atoms with E-state index in [4.69, 9.17) is 0 Å². The van der Waals surface area contributed by atoms with Gasteiger partial charge in [-0.1, -0.05) is 46.3 Å². The van der Waals surface area contributed by atoms with Gasteiger partial charge in [0.25, 0.3) is 0 Å². The molecule has 4 rings (SSSR count). The molecule has 0 bridgehead atoms. The quantitative estimate of drug-likeness (QED) is 0.477. The number of aliphatic imine (C=N–C) groups is 1. The van der Waals surface area contributed by atoms with Gasteiger partial charge in [-0.15, -0.1) is 11.3 Å². The molecule has 0 radical (unpaired) electrons. The summed E-state index contributed by atoms with van der Waals surface area (Å²) in [7, 11) is 0. The van der Waals surface area contributed by atoms with Gasteiger partial charge >= 0.3 is 0 Å². The number of hydrogen-bond acceptors (Lipinski definition) is 4. The summed E-state index contributed by atoms with van der Waals surface area (Å²) in [5, 5.41) is 20.7. The number of nitriles is 1. The molecule has 3 aromatic rings. The molecular weight excluding hydrogens is 514 g/mol. The first-order valence-electron chi connectivity index (χ1n) is 9.19. The molecule has 2 N–H and O–H groups in total. The van der Waals surface area contributed by atoms with E-state index in [2.05, 4.69) is 67.2 Å². The Morgan fingerprint density at radius 1 is 1.24 bits per heavy atom. The number of fused-ring (bicyclic) bond motifs is 1. The second kappa shape index (κ2) is 8.80. The number of rotatable bonds is 4. The van der Waals surface area contributed by atoms with Crippen LogP contribution in [0.15, 0.2) is 56.4 Å². The maximum Gasteiger partial charge on any atom is 0.138 e. The van der Waals surface area contributed by atoms with Crippen LogP contribution in [0, 0.1) is 11.3 Å². The minimum absolute atomic E-state index is 0.134. The number of quaternary nitrogens is 1. The Labute approximate surface area is 190 Å². The van der Waals surface area contributed by atoms with E-state index in [1.165, 1.54) is 15.3 Å². The van der Waals surface area contributed by atoms with Crippen molar-refractivity contribution in [1.29, 1.82) is 5.26 Å². The van der Waals surface area contributed by atoms with Crippen LogP contribution in [0.25, 0.3) is 0 Å². The Kier molecular flexibility index (Phi) is 6.16. The van der Waals surface area contributed by atoms with Crippen molar-refractivity contribution in [3.8, 4) is 11.8 Å². The standard InChI is InChI=1S/C22H17Br2N3OS/c23-16-8-15(21(28)19(24)9-16)11-26-22-18(10-25)17-6-7-27(13-20(17)29-22)12-14-4-2-1-3-5-14/h1-5,8-9,11,28H,6-7,12-13H2/p+1/b26-11+. The molecule has 0 amide bonds. The van der Waals surface area contributed by atoms with Gasteiger partial charge in [0.1, 0.15) is 29.9 Å².